The number of hydrogen-bond donors (Lipinski definition) is 0. The van der Waals surface area contributed by atoms with E-state index in [0.29, 0.717) is 0 Å². The van der Waals surface area contributed by atoms with Gasteiger partial charge in [-0.25, -0.2) is 0 Å². The molecule has 22 heavy (non-hydrogen) atoms. The average molecular weight is 364 g/mol. The number of aromatic nitrogens is 1. The third kappa shape index (κ3) is 2.79. The van der Waals surface area contributed by atoms with E-state index in [1.165, 1.54) is 0 Å². The van der Waals surface area contributed by atoms with Crippen molar-refractivity contribution in [3.8, 4) is 0 Å². The van der Waals surface area contributed by atoms with Gasteiger partial charge in [0, 0.05) is 54.3 Å². The molecular formula is C17H22BrN3O. The van der Waals surface area contributed by atoms with Crippen LogP contribution in [0.25, 0.3) is 10.9 Å². The fourth-order valence-electron chi connectivity index (χ4n) is 3.13. The second-order valence-corrected chi connectivity index (χ2v) is 6.63. The van der Waals surface area contributed by atoms with Crippen LogP contribution < -0.4 is 0 Å². The molecule has 3 rings (SSSR count). The second-order valence-electron chi connectivity index (χ2n) is 5.72. The van der Waals surface area contributed by atoms with Gasteiger partial charge in [-0.15, -0.1) is 0 Å². The molecule has 5 heteroatoms. The van der Waals surface area contributed by atoms with Crippen molar-refractivity contribution in [1.82, 2.24) is 14.4 Å². The molecule has 1 aliphatic heterocycles. The smallest absolute Gasteiger partial charge is 0.256 e. The molecule has 1 aromatic carbocycles. The zero-order valence-electron chi connectivity index (χ0n) is 13.2. The molecular weight excluding hydrogens is 342 g/mol. The number of piperazine rings is 1. The van der Waals surface area contributed by atoms with Gasteiger partial charge in [-0.2, -0.15) is 0 Å². The Morgan fingerprint density at radius 2 is 1.86 bits per heavy atom. The Morgan fingerprint density at radius 1 is 1.14 bits per heavy atom. The summed E-state index contributed by atoms with van der Waals surface area (Å²) in [4.78, 5) is 17.3. The number of halogens is 1. The molecule has 1 saturated heterocycles. The van der Waals surface area contributed by atoms with Crippen LogP contribution in [0.3, 0.4) is 0 Å². The van der Waals surface area contributed by atoms with Crippen LogP contribution in [0.4, 0.5) is 0 Å². The monoisotopic (exact) mass is 363 g/mol. The topological polar surface area (TPSA) is 28.5 Å². The molecule has 1 aromatic heterocycles. The van der Waals surface area contributed by atoms with Crippen molar-refractivity contribution in [3.63, 3.8) is 0 Å². The highest BCUT2D eigenvalue weighted by Crippen LogP contribution is 2.26. The molecule has 1 fully saturated rings. The summed E-state index contributed by atoms with van der Waals surface area (Å²) in [6.45, 7) is 9.79. The maximum atomic E-state index is 12.9. The summed E-state index contributed by atoms with van der Waals surface area (Å²) in [6.07, 6.45) is 2.01. The number of amides is 1. The summed E-state index contributed by atoms with van der Waals surface area (Å²) in [6, 6.07) is 6.14. The standard InChI is InChI=1S/C17H22BrN3O/c1-3-19-7-9-21(10-8-19)17(22)15-12-20(4-2)16-11-13(18)5-6-14(15)16/h5-6,11-12H,3-4,7-10H2,1-2H3. The van der Waals surface area contributed by atoms with Crippen molar-refractivity contribution in [2.75, 3.05) is 32.7 Å². The van der Waals surface area contributed by atoms with Gasteiger partial charge in [0.15, 0.2) is 0 Å². The quantitative estimate of drug-likeness (QED) is 0.837. The molecule has 4 nitrogen and oxygen atoms in total. The number of rotatable bonds is 3. The molecule has 0 saturated carbocycles. The molecule has 1 aliphatic rings. The molecule has 0 radical (unpaired) electrons. The Morgan fingerprint density at radius 3 is 2.50 bits per heavy atom. The van der Waals surface area contributed by atoms with Crippen molar-refractivity contribution in [3.05, 3.63) is 34.4 Å². The Labute approximate surface area is 139 Å². The molecule has 1 amide bonds. The van der Waals surface area contributed by atoms with Crippen LogP contribution >= 0.6 is 15.9 Å². The minimum Gasteiger partial charge on any atom is -0.347 e. The fraction of sp³-hybridized carbons (Fsp3) is 0.471. The van der Waals surface area contributed by atoms with Gasteiger partial charge in [0.25, 0.3) is 5.91 Å². The Balaban J connectivity index is 1.91. The molecule has 0 aliphatic carbocycles. The van der Waals surface area contributed by atoms with Gasteiger partial charge in [-0.05, 0) is 25.6 Å². The number of carbonyl (C=O) groups excluding carboxylic acids is 1. The normalized spacial score (nSPS) is 16.4. The van der Waals surface area contributed by atoms with Crippen LogP contribution in [0.15, 0.2) is 28.9 Å². The number of likely N-dealkylation sites (N-methyl/N-ethyl adjacent to an activating group) is 1. The third-order valence-electron chi connectivity index (χ3n) is 4.52. The average Bonchev–Trinajstić information content (AvgIpc) is 2.92. The number of aryl methyl sites for hydroxylation is 1. The first kappa shape index (κ1) is 15.6. The van der Waals surface area contributed by atoms with Gasteiger partial charge in [0.05, 0.1) is 5.56 Å². The first-order chi connectivity index (χ1) is 10.6. The molecule has 0 unspecified atom stereocenters. The largest absolute Gasteiger partial charge is 0.347 e. The number of hydrogen-bond acceptors (Lipinski definition) is 2. The molecule has 2 aromatic rings. The van der Waals surface area contributed by atoms with Gasteiger partial charge in [0.1, 0.15) is 0 Å². The van der Waals surface area contributed by atoms with Crippen LogP contribution in [0, 0.1) is 0 Å². The maximum absolute atomic E-state index is 12.9. The van der Waals surface area contributed by atoms with Crippen molar-refractivity contribution in [2.24, 2.45) is 0 Å². The van der Waals surface area contributed by atoms with Gasteiger partial charge in [0.2, 0.25) is 0 Å². The van der Waals surface area contributed by atoms with E-state index in [4.69, 9.17) is 0 Å². The first-order valence-corrected chi connectivity index (χ1v) is 8.73. The zero-order chi connectivity index (χ0) is 15.7. The van der Waals surface area contributed by atoms with Crippen LogP contribution in [0.1, 0.15) is 24.2 Å². The van der Waals surface area contributed by atoms with Crippen LogP contribution in [-0.4, -0.2) is 53.0 Å². The van der Waals surface area contributed by atoms with E-state index in [0.717, 1.165) is 60.2 Å². The number of nitrogens with zero attached hydrogens (tertiary/aromatic N) is 3. The highest BCUT2D eigenvalue weighted by atomic mass is 79.9. The van der Waals surface area contributed by atoms with Crippen molar-refractivity contribution in [2.45, 2.75) is 20.4 Å². The highest BCUT2D eigenvalue weighted by molar-refractivity contribution is 9.10. The van der Waals surface area contributed by atoms with E-state index < -0.39 is 0 Å². The van der Waals surface area contributed by atoms with E-state index in [1.807, 2.05) is 23.2 Å². The lowest BCUT2D eigenvalue weighted by Crippen LogP contribution is -2.48. The molecule has 0 atom stereocenters. The van der Waals surface area contributed by atoms with Gasteiger partial charge < -0.3 is 14.4 Å². The van der Waals surface area contributed by atoms with E-state index in [1.54, 1.807) is 0 Å². The maximum Gasteiger partial charge on any atom is 0.256 e. The summed E-state index contributed by atoms with van der Waals surface area (Å²) in [5, 5.41) is 1.05. The van der Waals surface area contributed by atoms with Crippen LogP contribution in [0.5, 0.6) is 0 Å². The van der Waals surface area contributed by atoms with E-state index in [9.17, 15) is 4.79 Å². The van der Waals surface area contributed by atoms with Gasteiger partial charge in [-0.3, -0.25) is 4.79 Å². The number of carbonyl (C=O) groups is 1. The van der Waals surface area contributed by atoms with Crippen LogP contribution in [-0.2, 0) is 6.54 Å². The fourth-order valence-corrected chi connectivity index (χ4v) is 3.48. The highest BCUT2D eigenvalue weighted by Gasteiger charge is 2.24. The SMILES string of the molecule is CCN1CCN(C(=O)c2cn(CC)c3cc(Br)ccc23)CC1. The lowest BCUT2D eigenvalue weighted by atomic mass is 10.1. The van der Waals surface area contributed by atoms with Crippen LogP contribution in [0.2, 0.25) is 0 Å². The van der Waals surface area contributed by atoms with E-state index >= 15 is 0 Å². The lowest BCUT2D eigenvalue weighted by molar-refractivity contribution is 0.0645. The summed E-state index contributed by atoms with van der Waals surface area (Å²) < 4.78 is 3.19. The lowest BCUT2D eigenvalue weighted by Gasteiger charge is -2.34. The molecule has 2 heterocycles. The number of benzene rings is 1. The minimum absolute atomic E-state index is 0.162. The molecule has 118 valence electrons. The predicted octanol–water partition coefficient (Wildman–Crippen LogP) is 3.20. The summed E-state index contributed by atoms with van der Waals surface area (Å²) in [5.41, 5.74) is 1.95. The van der Waals surface area contributed by atoms with Gasteiger partial charge in [-0.1, -0.05) is 28.9 Å². The van der Waals surface area contributed by atoms with Gasteiger partial charge >= 0.3 is 0 Å². The van der Waals surface area contributed by atoms with Crippen molar-refractivity contribution < 1.29 is 4.79 Å². The first-order valence-electron chi connectivity index (χ1n) is 7.94. The Kier molecular flexibility index (Phi) is 4.54. The van der Waals surface area contributed by atoms with Crippen molar-refractivity contribution >= 4 is 32.7 Å². The van der Waals surface area contributed by atoms with E-state index in [2.05, 4.69) is 45.3 Å². The van der Waals surface area contributed by atoms with E-state index in [-0.39, 0.29) is 5.91 Å². The predicted molar refractivity (Wildman–Crippen MR) is 93.3 cm³/mol. The Hall–Kier alpha value is -1.33. The number of fused-ring (bicyclic) bond motifs is 1. The minimum atomic E-state index is 0.162. The summed E-state index contributed by atoms with van der Waals surface area (Å²) >= 11 is 3.52. The zero-order valence-corrected chi connectivity index (χ0v) is 14.8. The van der Waals surface area contributed by atoms with Crippen molar-refractivity contribution in [1.29, 1.82) is 0 Å². The molecule has 0 spiro atoms. The summed E-state index contributed by atoms with van der Waals surface area (Å²) in [5.74, 6) is 0.162. The molecule has 0 N–H and O–H groups in total. The third-order valence-corrected chi connectivity index (χ3v) is 5.02. The summed E-state index contributed by atoms with van der Waals surface area (Å²) in [7, 11) is 0. The second kappa shape index (κ2) is 6.42. The Bertz CT molecular complexity index is 687. The molecule has 0 bridgehead atoms.